The minimum atomic E-state index is -1.10. The molecule has 0 bridgehead atoms. The number of rotatable bonds is 9. The maximum atomic E-state index is 16.2. The molecule has 6 aliphatic rings. The van der Waals surface area contributed by atoms with Gasteiger partial charge < -0.3 is 57.9 Å². The first-order valence-corrected chi connectivity index (χ1v) is 26.7. The van der Waals surface area contributed by atoms with Crippen LogP contribution in [-0.2, 0) is 9.47 Å². The third kappa shape index (κ3) is 11.4. The SMILES string of the molecule is CN1CC[C@@H](Oc2nc(-c3c(O)cccc3F)c(Cl)c3c2C(=O)N2CCN(CN4CC[C@@H](Oc5nc(-c6c(F)cccc6OC(=O)OC(C)(C)C)c(Cl)c6c5C(=O)N5CCN(C(=O)OC(C)(C)C)C[C@@H]5CO6)C4)C[C@@H]2CO3)C1. The second-order valence-electron chi connectivity index (χ2n) is 22.3. The molecule has 3 amide bonds. The number of phenolic OH excluding ortho intramolecular Hbond substituents is 1. The Morgan fingerprint density at radius 1 is 0.679 bits per heavy atom. The van der Waals surface area contributed by atoms with Crippen LogP contribution in [0.5, 0.6) is 34.8 Å². The molecule has 20 nitrogen and oxygen atoms in total. The van der Waals surface area contributed by atoms with Gasteiger partial charge in [-0.05, 0) is 85.7 Å². The number of likely N-dealkylation sites (N-methyl/N-ethyl adjacent to an activating group) is 1. The third-order valence-corrected chi connectivity index (χ3v) is 14.9. The minimum Gasteiger partial charge on any atom is -0.507 e. The molecule has 24 heteroatoms. The van der Waals surface area contributed by atoms with Crippen molar-refractivity contribution in [3.05, 3.63) is 69.2 Å². The molecule has 2 aromatic heterocycles. The van der Waals surface area contributed by atoms with E-state index < -0.39 is 70.8 Å². The highest BCUT2D eigenvalue weighted by molar-refractivity contribution is 6.36. The molecular weight excluding hydrogens is 1060 g/mol. The summed E-state index contributed by atoms with van der Waals surface area (Å²) in [5, 5.41) is 10.4. The smallest absolute Gasteiger partial charge is 0.507 e. The van der Waals surface area contributed by atoms with Crippen LogP contribution in [0, 0.1) is 11.6 Å². The number of hydrogen-bond donors (Lipinski definition) is 1. The second-order valence-corrected chi connectivity index (χ2v) is 23.1. The molecular formula is C54H62Cl2F2N8O12. The van der Waals surface area contributed by atoms with Crippen LogP contribution in [0.4, 0.5) is 18.4 Å². The first-order chi connectivity index (χ1) is 37.0. The van der Waals surface area contributed by atoms with Crippen molar-refractivity contribution in [2.45, 2.75) is 89.9 Å². The van der Waals surface area contributed by atoms with E-state index in [1.807, 2.05) is 7.05 Å². The van der Waals surface area contributed by atoms with E-state index in [9.17, 15) is 24.3 Å². The number of aromatic hydroxyl groups is 1. The van der Waals surface area contributed by atoms with Gasteiger partial charge >= 0.3 is 12.2 Å². The molecule has 78 heavy (non-hydrogen) atoms. The summed E-state index contributed by atoms with van der Waals surface area (Å²) in [6.45, 7) is 14.5. The largest absolute Gasteiger partial charge is 0.514 e. The number of aromatic nitrogens is 2. The van der Waals surface area contributed by atoms with Crippen LogP contribution in [0.3, 0.4) is 0 Å². The summed E-state index contributed by atoms with van der Waals surface area (Å²) in [7, 11) is 1.96. The van der Waals surface area contributed by atoms with E-state index in [1.54, 1.807) is 51.3 Å². The number of benzene rings is 2. The highest BCUT2D eigenvalue weighted by atomic mass is 35.5. The standard InChI is InChI=1S/C54H62Cl2F2N8O12/c1-53(2,3)77-51(70)64-19-21-66-30(23-64)27-73-46-40(50(66)69)48(60-44(42(46)56)38-34(58)11-9-13-36(38)76-52(71)78-54(4,5)6)75-32-15-17-62(25-32)28-63-18-20-65-29(22-63)26-72-45-39(49(65)68)47(74-31-14-16-61(7)24-31)59-43(41(45)55)37-33(57)10-8-12-35(37)67/h8-13,29-32,67H,14-28H2,1-7H3/t29-,30-,31-,32-/m1/s1. The summed E-state index contributed by atoms with van der Waals surface area (Å²) in [5.74, 6) is -3.55. The molecule has 0 radical (unpaired) electrons. The molecule has 4 fully saturated rings. The molecule has 2 aromatic carbocycles. The van der Waals surface area contributed by atoms with Crippen molar-refractivity contribution >= 4 is 47.3 Å². The minimum absolute atomic E-state index is 0.00253. The van der Waals surface area contributed by atoms with E-state index in [4.69, 9.17) is 61.3 Å². The average Bonchev–Trinajstić information content (AvgIpc) is 3.91. The summed E-state index contributed by atoms with van der Waals surface area (Å²) < 4.78 is 74.0. The lowest BCUT2D eigenvalue weighted by molar-refractivity contribution is 0.000846. The number of nitrogens with zero attached hydrogens (tertiary/aromatic N) is 8. The molecule has 6 aliphatic heterocycles. The van der Waals surface area contributed by atoms with Crippen LogP contribution in [0.1, 0.15) is 75.1 Å². The lowest BCUT2D eigenvalue weighted by Crippen LogP contribution is -2.58. The van der Waals surface area contributed by atoms with Crippen LogP contribution < -0.4 is 23.7 Å². The second kappa shape index (κ2) is 21.6. The Balaban J connectivity index is 0.893. The number of carbonyl (C=O) groups excluding carboxylic acids is 4. The maximum absolute atomic E-state index is 16.2. The fraction of sp³-hybridized carbons (Fsp3) is 0.519. The summed E-state index contributed by atoms with van der Waals surface area (Å²) in [6.07, 6.45) is -1.37. The molecule has 10 rings (SSSR count). The van der Waals surface area contributed by atoms with E-state index in [2.05, 4.69) is 19.7 Å². The van der Waals surface area contributed by atoms with Crippen LogP contribution >= 0.6 is 23.2 Å². The van der Waals surface area contributed by atoms with Gasteiger partial charge in [-0.2, -0.15) is 0 Å². The number of phenols is 1. The third-order valence-electron chi connectivity index (χ3n) is 14.2. The summed E-state index contributed by atoms with van der Waals surface area (Å²) in [5.41, 5.74) is -2.63. The van der Waals surface area contributed by atoms with Gasteiger partial charge in [0.25, 0.3) is 11.8 Å². The zero-order valence-electron chi connectivity index (χ0n) is 44.4. The van der Waals surface area contributed by atoms with Crippen molar-refractivity contribution in [2.24, 2.45) is 0 Å². The molecule has 4 saturated heterocycles. The topological polar surface area (TPSA) is 198 Å². The molecule has 4 atom stereocenters. The number of carbonyl (C=O) groups is 4. The molecule has 0 spiro atoms. The van der Waals surface area contributed by atoms with Crippen molar-refractivity contribution < 1.29 is 66.2 Å². The lowest BCUT2D eigenvalue weighted by atomic mass is 10.1. The van der Waals surface area contributed by atoms with Gasteiger partial charge in [0, 0.05) is 65.4 Å². The van der Waals surface area contributed by atoms with Gasteiger partial charge in [-0.25, -0.2) is 28.3 Å². The number of pyridine rings is 2. The number of fused-ring (bicyclic) bond motifs is 4. The van der Waals surface area contributed by atoms with Crippen LogP contribution in [0.25, 0.3) is 22.5 Å². The Morgan fingerprint density at radius 2 is 1.22 bits per heavy atom. The van der Waals surface area contributed by atoms with Crippen LogP contribution in [0.2, 0.25) is 10.0 Å². The van der Waals surface area contributed by atoms with Gasteiger partial charge in [0.1, 0.15) is 92.3 Å². The Bertz CT molecular complexity index is 3010. The van der Waals surface area contributed by atoms with E-state index >= 15 is 8.78 Å². The van der Waals surface area contributed by atoms with Gasteiger partial charge in [0.15, 0.2) is 11.5 Å². The van der Waals surface area contributed by atoms with Crippen molar-refractivity contribution in [1.82, 2.24) is 39.4 Å². The van der Waals surface area contributed by atoms with Crippen LogP contribution in [0.15, 0.2) is 36.4 Å². The van der Waals surface area contributed by atoms with Crippen molar-refractivity contribution in [1.29, 1.82) is 0 Å². The molecule has 8 heterocycles. The van der Waals surface area contributed by atoms with Gasteiger partial charge in [-0.1, -0.05) is 35.3 Å². The quantitative estimate of drug-likeness (QED) is 0.127. The fourth-order valence-corrected chi connectivity index (χ4v) is 11.2. The summed E-state index contributed by atoms with van der Waals surface area (Å²) in [4.78, 5) is 76.3. The summed E-state index contributed by atoms with van der Waals surface area (Å²) in [6, 6.07) is 6.63. The maximum Gasteiger partial charge on any atom is 0.514 e. The van der Waals surface area contributed by atoms with E-state index in [-0.39, 0.29) is 112 Å². The van der Waals surface area contributed by atoms with Crippen molar-refractivity contribution in [3.63, 3.8) is 0 Å². The Labute approximate surface area is 459 Å². The van der Waals surface area contributed by atoms with E-state index in [1.165, 1.54) is 35.2 Å². The lowest BCUT2D eigenvalue weighted by Gasteiger charge is -2.41. The Kier molecular flexibility index (Phi) is 15.2. The molecule has 1 N–H and O–H groups in total. The zero-order valence-corrected chi connectivity index (χ0v) is 45.9. The normalized spacial score (nSPS) is 22.1. The molecule has 418 valence electrons. The first kappa shape index (κ1) is 54.9. The number of halogens is 4. The molecule has 0 saturated carbocycles. The fourth-order valence-electron chi connectivity index (χ4n) is 10.6. The van der Waals surface area contributed by atoms with E-state index in [0.717, 1.165) is 12.6 Å². The van der Waals surface area contributed by atoms with Gasteiger partial charge in [-0.15, -0.1) is 0 Å². The van der Waals surface area contributed by atoms with Gasteiger partial charge in [0.05, 0.1) is 29.9 Å². The van der Waals surface area contributed by atoms with Crippen LogP contribution in [-0.4, -0.2) is 196 Å². The number of ether oxygens (including phenoxy) is 7. The van der Waals surface area contributed by atoms with Gasteiger partial charge in [-0.3, -0.25) is 19.4 Å². The number of hydrogen-bond acceptors (Lipinski definition) is 17. The molecule has 0 unspecified atom stereocenters. The predicted molar refractivity (Wildman–Crippen MR) is 280 cm³/mol. The highest BCUT2D eigenvalue weighted by Gasteiger charge is 2.45. The van der Waals surface area contributed by atoms with Crippen molar-refractivity contribution in [2.75, 3.05) is 92.4 Å². The number of likely N-dealkylation sites (tertiary alicyclic amines) is 2. The molecule has 4 aromatic rings. The van der Waals surface area contributed by atoms with Crippen molar-refractivity contribution in [3.8, 4) is 57.3 Å². The Hall–Kier alpha value is -6.46. The zero-order chi connectivity index (χ0) is 55.5. The summed E-state index contributed by atoms with van der Waals surface area (Å²) >= 11 is 14.1. The number of amides is 3. The first-order valence-electron chi connectivity index (χ1n) is 26.0. The number of piperazine rings is 2. The average molecular weight is 1120 g/mol. The van der Waals surface area contributed by atoms with E-state index in [0.29, 0.717) is 58.8 Å². The highest BCUT2D eigenvalue weighted by Crippen LogP contribution is 2.48. The van der Waals surface area contributed by atoms with Gasteiger partial charge in [0.2, 0.25) is 11.8 Å². The monoisotopic (exact) mass is 1120 g/mol. The molecule has 0 aliphatic carbocycles. The predicted octanol–water partition coefficient (Wildman–Crippen LogP) is 7.58. The Morgan fingerprint density at radius 3 is 1.81 bits per heavy atom.